The van der Waals surface area contributed by atoms with Crippen LogP contribution in [0.25, 0.3) is 0 Å². The van der Waals surface area contributed by atoms with Gasteiger partial charge in [0, 0.05) is 28.4 Å². The van der Waals surface area contributed by atoms with Gasteiger partial charge in [0.1, 0.15) is 0 Å². The van der Waals surface area contributed by atoms with Gasteiger partial charge in [0.25, 0.3) is 0 Å². The molecule has 3 rings (SSSR count). The second kappa shape index (κ2) is 4.52. The third-order valence-corrected chi connectivity index (χ3v) is 4.88. The maximum absolute atomic E-state index is 4.60. The first-order chi connectivity index (χ1) is 7.90. The van der Waals surface area contributed by atoms with E-state index < -0.39 is 0 Å². The third kappa shape index (κ3) is 1.73. The molecule has 0 bridgehead atoms. The van der Waals surface area contributed by atoms with Crippen LogP contribution in [0.2, 0.25) is 0 Å². The molecule has 0 radical (unpaired) electrons. The monoisotopic (exact) mass is 282 g/mol. The first-order valence-electron chi connectivity index (χ1n) is 6.53. The van der Waals surface area contributed by atoms with Crippen LogP contribution in [0.15, 0.2) is 0 Å². The summed E-state index contributed by atoms with van der Waals surface area (Å²) in [4.78, 5) is 0. The van der Waals surface area contributed by atoms with Crippen LogP contribution in [0.1, 0.15) is 73.7 Å². The highest BCUT2D eigenvalue weighted by molar-refractivity contribution is 9.08. The summed E-state index contributed by atoms with van der Waals surface area (Å²) in [7, 11) is 0. The molecule has 3 heteroatoms. The van der Waals surface area contributed by atoms with E-state index in [2.05, 4.69) is 26.1 Å². The summed E-state index contributed by atoms with van der Waals surface area (Å²) in [6, 6.07) is 0. The highest BCUT2D eigenvalue weighted by Crippen LogP contribution is 2.42. The lowest BCUT2D eigenvalue weighted by Gasteiger charge is -2.24. The Labute approximate surface area is 105 Å². The number of hydrogen-bond acceptors (Lipinski definition) is 1. The first kappa shape index (κ1) is 10.8. The van der Waals surface area contributed by atoms with Gasteiger partial charge < -0.3 is 0 Å². The van der Waals surface area contributed by atoms with Gasteiger partial charge in [0.15, 0.2) is 0 Å². The van der Waals surface area contributed by atoms with E-state index in [1.54, 1.807) is 0 Å². The zero-order valence-electron chi connectivity index (χ0n) is 9.64. The van der Waals surface area contributed by atoms with Gasteiger partial charge in [-0.15, -0.1) is 0 Å². The van der Waals surface area contributed by atoms with Gasteiger partial charge >= 0.3 is 0 Å². The molecule has 2 aliphatic carbocycles. The van der Waals surface area contributed by atoms with Crippen molar-refractivity contribution in [3.63, 3.8) is 0 Å². The van der Waals surface area contributed by atoms with E-state index in [1.165, 1.54) is 61.9 Å². The summed E-state index contributed by atoms with van der Waals surface area (Å²) in [5.41, 5.74) is 4.29. The minimum atomic E-state index is 0.749. The van der Waals surface area contributed by atoms with Crippen molar-refractivity contribution in [3.05, 3.63) is 17.0 Å². The second-order valence-electron chi connectivity index (χ2n) is 5.24. The average Bonchev–Trinajstić information content (AvgIpc) is 2.81. The zero-order valence-corrected chi connectivity index (χ0v) is 11.2. The van der Waals surface area contributed by atoms with Crippen molar-refractivity contribution in [2.75, 3.05) is 0 Å². The van der Waals surface area contributed by atoms with Crippen molar-refractivity contribution >= 4 is 15.9 Å². The van der Waals surface area contributed by atoms with Gasteiger partial charge in [-0.2, -0.15) is 5.10 Å². The number of halogens is 1. The topological polar surface area (TPSA) is 28.7 Å². The van der Waals surface area contributed by atoms with Crippen LogP contribution in [-0.4, -0.2) is 10.2 Å². The van der Waals surface area contributed by atoms with E-state index >= 15 is 0 Å². The van der Waals surface area contributed by atoms with Crippen LogP contribution in [0.3, 0.4) is 0 Å². The quantitative estimate of drug-likeness (QED) is 0.826. The lowest BCUT2D eigenvalue weighted by Crippen LogP contribution is -2.11. The van der Waals surface area contributed by atoms with E-state index in [1.807, 2.05) is 0 Å². The molecule has 0 atom stereocenters. The Balaban J connectivity index is 1.89. The molecule has 2 aliphatic rings. The van der Waals surface area contributed by atoms with Crippen LogP contribution in [0.4, 0.5) is 0 Å². The third-order valence-electron chi connectivity index (χ3n) is 4.32. The lowest BCUT2D eigenvalue weighted by atomic mass is 9.81. The van der Waals surface area contributed by atoms with Crippen molar-refractivity contribution in [3.8, 4) is 0 Å². The van der Waals surface area contributed by atoms with Gasteiger partial charge in [0.05, 0.1) is 5.69 Å². The molecule has 1 aromatic heterocycles. The Morgan fingerprint density at radius 3 is 2.31 bits per heavy atom. The SMILES string of the molecule is BrCc1c(C2CCC2)n[nH]c1C1CCCC1. The van der Waals surface area contributed by atoms with Crippen molar-refractivity contribution in [2.45, 2.75) is 62.1 Å². The Bertz CT molecular complexity index is 362. The highest BCUT2D eigenvalue weighted by atomic mass is 79.9. The molecule has 1 aromatic rings. The number of aromatic amines is 1. The van der Waals surface area contributed by atoms with Gasteiger partial charge in [-0.05, 0) is 25.7 Å². The molecule has 2 nitrogen and oxygen atoms in total. The van der Waals surface area contributed by atoms with Crippen molar-refractivity contribution in [1.29, 1.82) is 0 Å². The largest absolute Gasteiger partial charge is 0.282 e. The van der Waals surface area contributed by atoms with E-state index in [4.69, 9.17) is 0 Å². The van der Waals surface area contributed by atoms with Crippen LogP contribution in [0, 0.1) is 0 Å². The Kier molecular flexibility index (Phi) is 3.05. The zero-order chi connectivity index (χ0) is 11.0. The summed E-state index contributed by atoms with van der Waals surface area (Å²) >= 11 is 3.65. The standard InChI is InChI=1S/C13H19BrN2/c14-8-11-12(9-4-1-2-5-9)15-16-13(11)10-6-3-7-10/h9-10H,1-8H2,(H,15,16). The van der Waals surface area contributed by atoms with Crippen LogP contribution >= 0.6 is 15.9 Å². The summed E-state index contributed by atoms with van der Waals surface area (Å²) in [5, 5.41) is 8.91. The predicted octanol–water partition coefficient (Wildman–Crippen LogP) is 4.23. The van der Waals surface area contributed by atoms with Gasteiger partial charge in [-0.25, -0.2) is 0 Å². The molecular weight excluding hydrogens is 264 g/mol. The summed E-state index contributed by atoms with van der Waals surface area (Å²) < 4.78 is 0. The molecule has 0 aromatic carbocycles. The number of aromatic nitrogens is 2. The number of rotatable bonds is 3. The van der Waals surface area contributed by atoms with Gasteiger partial charge in [-0.3, -0.25) is 5.10 Å². The van der Waals surface area contributed by atoms with Crippen LogP contribution in [0.5, 0.6) is 0 Å². The molecule has 88 valence electrons. The minimum Gasteiger partial charge on any atom is -0.282 e. The van der Waals surface area contributed by atoms with Crippen LogP contribution in [-0.2, 0) is 5.33 Å². The molecule has 2 saturated carbocycles. The molecule has 0 aliphatic heterocycles. The Morgan fingerprint density at radius 1 is 1.06 bits per heavy atom. The Hall–Kier alpha value is -0.310. The normalized spacial score (nSPS) is 22.6. The molecular formula is C13H19BrN2. The van der Waals surface area contributed by atoms with E-state index in [9.17, 15) is 0 Å². The van der Waals surface area contributed by atoms with Crippen molar-refractivity contribution in [1.82, 2.24) is 10.2 Å². The number of alkyl halides is 1. The number of nitrogens with one attached hydrogen (secondary N) is 1. The molecule has 0 spiro atoms. The fourth-order valence-electron chi connectivity index (χ4n) is 3.11. The predicted molar refractivity (Wildman–Crippen MR) is 69.0 cm³/mol. The fourth-order valence-corrected chi connectivity index (χ4v) is 3.69. The summed E-state index contributed by atoms with van der Waals surface area (Å²) in [6.07, 6.45) is 9.56. The molecule has 0 unspecified atom stereocenters. The molecule has 16 heavy (non-hydrogen) atoms. The van der Waals surface area contributed by atoms with Crippen molar-refractivity contribution in [2.24, 2.45) is 0 Å². The smallest absolute Gasteiger partial charge is 0.0696 e. The molecule has 1 N–H and O–H groups in total. The van der Waals surface area contributed by atoms with E-state index in [-0.39, 0.29) is 0 Å². The van der Waals surface area contributed by atoms with Crippen LogP contribution < -0.4 is 0 Å². The first-order valence-corrected chi connectivity index (χ1v) is 7.65. The maximum Gasteiger partial charge on any atom is 0.0696 e. The number of nitrogens with zero attached hydrogens (tertiary/aromatic N) is 1. The van der Waals surface area contributed by atoms with Crippen molar-refractivity contribution < 1.29 is 0 Å². The number of H-pyrrole nitrogens is 1. The minimum absolute atomic E-state index is 0.749. The molecule has 1 heterocycles. The fraction of sp³-hybridized carbons (Fsp3) is 0.769. The molecule has 0 amide bonds. The highest BCUT2D eigenvalue weighted by Gasteiger charge is 2.29. The summed E-state index contributed by atoms with van der Waals surface area (Å²) in [5.74, 6) is 1.51. The average molecular weight is 283 g/mol. The maximum atomic E-state index is 4.60. The lowest BCUT2D eigenvalue weighted by molar-refractivity contribution is 0.409. The summed E-state index contributed by atoms with van der Waals surface area (Å²) in [6.45, 7) is 0. The number of hydrogen-bond donors (Lipinski definition) is 1. The van der Waals surface area contributed by atoms with E-state index in [0.717, 1.165) is 17.2 Å². The van der Waals surface area contributed by atoms with E-state index in [0.29, 0.717) is 0 Å². The molecule has 2 fully saturated rings. The van der Waals surface area contributed by atoms with Gasteiger partial charge in [-0.1, -0.05) is 35.2 Å². The van der Waals surface area contributed by atoms with Gasteiger partial charge in [0.2, 0.25) is 0 Å². The Morgan fingerprint density at radius 2 is 1.75 bits per heavy atom. The molecule has 0 saturated heterocycles. The second-order valence-corrected chi connectivity index (χ2v) is 5.80.